The molecule has 0 aliphatic carbocycles. The zero-order chi connectivity index (χ0) is 20.2. The highest BCUT2D eigenvalue weighted by Gasteiger charge is 2.16. The van der Waals surface area contributed by atoms with E-state index in [0.717, 1.165) is 36.2 Å². The van der Waals surface area contributed by atoms with Gasteiger partial charge in [-0.15, -0.1) is 0 Å². The fourth-order valence-corrected chi connectivity index (χ4v) is 3.52. The largest absolute Gasteiger partial charge is 0.481 e. The number of carboxylic acids is 1. The molecule has 4 rings (SSSR count). The summed E-state index contributed by atoms with van der Waals surface area (Å²) in [5, 5.41) is 9.26. The molecule has 0 fully saturated rings. The molecular weight excluding hydrogens is 390 g/mol. The number of aromatic nitrogens is 2. The lowest BCUT2D eigenvalue weighted by atomic mass is 9.99. The summed E-state index contributed by atoms with van der Waals surface area (Å²) in [4.78, 5) is 21.4. The first kappa shape index (κ1) is 19.2. The Kier molecular flexibility index (Phi) is 5.62. The molecule has 0 unspecified atom stereocenters. The van der Waals surface area contributed by atoms with Gasteiger partial charge in [-0.2, -0.15) is 4.98 Å². The van der Waals surface area contributed by atoms with Gasteiger partial charge in [0.25, 0.3) is 0 Å². The number of oxazole rings is 1. The van der Waals surface area contributed by atoms with Gasteiger partial charge in [0, 0.05) is 48.8 Å². The van der Waals surface area contributed by atoms with Crippen molar-refractivity contribution in [2.75, 3.05) is 11.4 Å². The molecule has 0 spiro atoms. The van der Waals surface area contributed by atoms with Crippen LogP contribution < -0.4 is 4.90 Å². The number of hydrogen-bond acceptors (Lipinski definition) is 5. The number of unbranched alkanes of at least 4 members (excludes halogenated alkanes) is 2. The molecule has 1 aromatic carbocycles. The summed E-state index contributed by atoms with van der Waals surface area (Å²) in [6.45, 7) is 0.839. The minimum Gasteiger partial charge on any atom is -0.481 e. The number of pyridine rings is 1. The maximum Gasteiger partial charge on any atom is 0.303 e. The van der Waals surface area contributed by atoms with Gasteiger partial charge in [-0.1, -0.05) is 36.2 Å². The quantitative estimate of drug-likeness (QED) is 0.526. The fraction of sp³-hybridized carbons (Fsp3) is 0.227. The summed E-state index contributed by atoms with van der Waals surface area (Å²) in [7, 11) is 0. The van der Waals surface area contributed by atoms with Crippen LogP contribution in [0, 0.1) is 0 Å². The highest BCUT2D eigenvalue weighted by atomic mass is 35.5. The first-order valence-electron chi connectivity index (χ1n) is 9.50. The average molecular weight is 410 g/mol. The van der Waals surface area contributed by atoms with E-state index in [4.69, 9.17) is 21.1 Å². The predicted octanol–water partition coefficient (Wildman–Crippen LogP) is 5.40. The Bertz CT molecular complexity index is 1100. The van der Waals surface area contributed by atoms with Crippen LogP contribution in [0.3, 0.4) is 0 Å². The molecule has 1 aliphatic heterocycles. The van der Waals surface area contributed by atoms with E-state index in [9.17, 15) is 4.79 Å². The van der Waals surface area contributed by atoms with Crippen molar-refractivity contribution < 1.29 is 14.3 Å². The molecule has 3 heterocycles. The predicted molar refractivity (Wildman–Crippen MR) is 114 cm³/mol. The Morgan fingerprint density at radius 2 is 2.10 bits per heavy atom. The fourth-order valence-electron chi connectivity index (χ4n) is 3.37. The van der Waals surface area contributed by atoms with Gasteiger partial charge in [0.1, 0.15) is 0 Å². The number of hydrogen-bond donors (Lipinski definition) is 1. The van der Waals surface area contributed by atoms with Crippen LogP contribution in [-0.4, -0.2) is 27.6 Å². The zero-order valence-corrected chi connectivity index (χ0v) is 16.5. The Balaban J connectivity index is 1.53. The third-order valence-electron chi connectivity index (χ3n) is 4.76. The standard InChI is InChI=1S/C22H20ClN3O3/c23-16-13-19-22(24-14-16)25-20(29-19)12-15-9-11-26(10-5-1-2-8-21(27)28)18-7-4-3-6-17(15)18/h3-4,6-7,9,11-14H,1-2,5,8,10H2,(H,27,28). The highest BCUT2D eigenvalue weighted by Crippen LogP contribution is 2.34. The second-order valence-electron chi connectivity index (χ2n) is 6.86. The van der Waals surface area contributed by atoms with Gasteiger partial charge < -0.3 is 14.4 Å². The van der Waals surface area contributed by atoms with Crippen molar-refractivity contribution in [2.24, 2.45) is 0 Å². The molecule has 0 amide bonds. The number of allylic oxidation sites excluding steroid dienone is 2. The Morgan fingerprint density at radius 1 is 1.24 bits per heavy atom. The number of para-hydroxylation sites is 1. The van der Waals surface area contributed by atoms with Gasteiger partial charge in [-0.3, -0.25) is 4.79 Å². The van der Waals surface area contributed by atoms with E-state index < -0.39 is 5.97 Å². The van der Waals surface area contributed by atoms with E-state index in [0.29, 0.717) is 28.6 Å². The molecule has 7 heteroatoms. The van der Waals surface area contributed by atoms with Gasteiger partial charge in [-0.25, -0.2) is 4.98 Å². The van der Waals surface area contributed by atoms with Crippen LogP contribution in [0.15, 0.2) is 53.2 Å². The van der Waals surface area contributed by atoms with E-state index in [1.807, 2.05) is 30.5 Å². The Labute approximate surface area is 173 Å². The van der Waals surface area contributed by atoms with Gasteiger partial charge in [0.05, 0.1) is 5.02 Å². The molecule has 3 aromatic rings. The summed E-state index contributed by atoms with van der Waals surface area (Å²) in [5.74, 6) is -0.258. The average Bonchev–Trinajstić information content (AvgIpc) is 3.10. The van der Waals surface area contributed by atoms with Crippen molar-refractivity contribution in [3.8, 4) is 0 Å². The number of benzene rings is 1. The van der Waals surface area contributed by atoms with Crippen LogP contribution in [0.5, 0.6) is 0 Å². The molecule has 0 atom stereocenters. The van der Waals surface area contributed by atoms with E-state index in [1.54, 1.807) is 12.3 Å². The molecule has 0 saturated heterocycles. The van der Waals surface area contributed by atoms with E-state index in [2.05, 4.69) is 27.0 Å². The van der Waals surface area contributed by atoms with Gasteiger partial charge in [0.15, 0.2) is 11.2 Å². The molecular formula is C22H20ClN3O3. The number of carboxylic acid groups (broad SMARTS) is 1. The lowest BCUT2D eigenvalue weighted by Crippen LogP contribution is -2.21. The molecule has 0 bridgehead atoms. The maximum atomic E-state index is 10.6. The first-order valence-corrected chi connectivity index (χ1v) is 9.88. The minimum atomic E-state index is -0.736. The molecule has 0 saturated carbocycles. The van der Waals surface area contributed by atoms with Crippen LogP contribution in [-0.2, 0) is 4.79 Å². The lowest BCUT2D eigenvalue weighted by Gasteiger charge is -2.27. The van der Waals surface area contributed by atoms with Crippen molar-refractivity contribution in [3.63, 3.8) is 0 Å². The van der Waals surface area contributed by atoms with E-state index >= 15 is 0 Å². The normalized spacial score (nSPS) is 14.5. The van der Waals surface area contributed by atoms with Crippen molar-refractivity contribution >= 4 is 46.1 Å². The lowest BCUT2D eigenvalue weighted by molar-refractivity contribution is -0.137. The first-order chi connectivity index (χ1) is 14.1. The van der Waals surface area contributed by atoms with Crippen LogP contribution in [0.4, 0.5) is 5.69 Å². The number of halogens is 1. The molecule has 1 N–H and O–H groups in total. The van der Waals surface area contributed by atoms with Gasteiger partial charge in [0.2, 0.25) is 5.89 Å². The zero-order valence-electron chi connectivity index (χ0n) is 15.7. The minimum absolute atomic E-state index is 0.226. The molecule has 29 heavy (non-hydrogen) atoms. The van der Waals surface area contributed by atoms with Crippen LogP contribution in [0.2, 0.25) is 5.02 Å². The highest BCUT2D eigenvalue weighted by molar-refractivity contribution is 6.30. The van der Waals surface area contributed by atoms with E-state index in [-0.39, 0.29) is 6.42 Å². The maximum absolute atomic E-state index is 10.6. The molecule has 0 radical (unpaired) electrons. The van der Waals surface area contributed by atoms with Gasteiger partial charge >= 0.3 is 5.97 Å². The van der Waals surface area contributed by atoms with Crippen molar-refractivity contribution in [2.45, 2.75) is 25.7 Å². The van der Waals surface area contributed by atoms with Crippen molar-refractivity contribution in [3.05, 3.63) is 65.3 Å². The Morgan fingerprint density at radius 3 is 2.97 bits per heavy atom. The van der Waals surface area contributed by atoms with Crippen molar-refractivity contribution in [1.82, 2.24) is 9.97 Å². The number of anilines is 1. The summed E-state index contributed by atoms with van der Waals surface area (Å²) in [6.07, 6.45) is 10.3. The smallest absolute Gasteiger partial charge is 0.303 e. The number of nitrogens with zero attached hydrogens (tertiary/aromatic N) is 3. The third-order valence-corrected chi connectivity index (χ3v) is 4.96. The second kappa shape index (κ2) is 8.49. The summed E-state index contributed by atoms with van der Waals surface area (Å²) in [5.41, 5.74) is 4.28. The number of rotatable bonds is 7. The van der Waals surface area contributed by atoms with Crippen LogP contribution >= 0.6 is 11.6 Å². The summed E-state index contributed by atoms with van der Waals surface area (Å²) < 4.78 is 5.77. The second-order valence-corrected chi connectivity index (χ2v) is 7.29. The third kappa shape index (κ3) is 4.49. The topological polar surface area (TPSA) is 79.5 Å². The van der Waals surface area contributed by atoms with Gasteiger partial charge in [-0.05, 0) is 30.6 Å². The SMILES string of the molecule is O=C(O)CCCCCN1C=CC(=Cc2nc3ncc(Cl)cc3o2)c2ccccc21. The molecule has 2 aromatic heterocycles. The molecule has 148 valence electrons. The number of carbonyl (C=O) groups is 1. The molecule has 6 nitrogen and oxygen atoms in total. The van der Waals surface area contributed by atoms with Crippen molar-refractivity contribution in [1.29, 1.82) is 0 Å². The summed E-state index contributed by atoms with van der Waals surface area (Å²) >= 11 is 5.97. The monoisotopic (exact) mass is 409 g/mol. The van der Waals surface area contributed by atoms with Crippen LogP contribution in [0.1, 0.15) is 37.1 Å². The number of fused-ring (bicyclic) bond motifs is 2. The molecule has 1 aliphatic rings. The Hall–Kier alpha value is -3.12. The van der Waals surface area contributed by atoms with Crippen LogP contribution in [0.25, 0.3) is 22.9 Å². The van der Waals surface area contributed by atoms with E-state index in [1.165, 1.54) is 0 Å². The summed E-state index contributed by atoms with van der Waals surface area (Å²) in [6, 6.07) is 9.87. The number of aliphatic carboxylic acids is 1.